The first kappa shape index (κ1) is 8.81. The predicted octanol–water partition coefficient (Wildman–Crippen LogP) is 2.13. The van der Waals surface area contributed by atoms with Gasteiger partial charge in [-0.2, -0.15) is 0 Å². The van der Waals surface area contributed by atoms with Crippen molar-refractivity contribution in [3.63, 3.8) is 0 Å². The Hall–Kier alpha value is -1.77. The molecule has 1 aromatic heterocycles. The zero-order valence-corrected chi connectivity index (χ0v) is 8.36. The van der Waals surface area contributed by atoms with Gasteiger partial charge in [-0.15, -0.1) is 0 Å². The number of imidazole rings is 1. The van der Waals surface area contributed by atoms with Gasteiger partial charge in [0, 0.05) is 25.3 Å². The van der Waals surface area contributed by atoms with Crippen molar-refractivity contribution in [3.8, 4) is 11.3 Å². The Morgan fingerprint density at radius 2 is 2.07 bits per heavy atom. The summed E-state index contributed by atoms with van der Waals surface area (Å²) in [6.45, 7) is 0. The van der Waals surface area contributed by atoms with Gasteiger partial charge in [0.1, 0.15) is 0 Å². The van der Waals surface area contributed by atoms with Crippen molar-refractivity contribution in [2.24, 2.45) is 7.05 Å². The molecule has 3 nitrogen and oxygen atoms in total. The molecule has 0 atom stereocenters. The summed E-state index contributed by atoms with van der Waals surface area (Å²) in [5.74, 6) is 0. The van der Waals surface area contributed by atoms with Crippen LogP contribution in [0.1, 0.15) is 0 Å². The van der Waals surface area contributed by atoms with Crippen molar-refractivity contribution in [2.75, 3.05) is 12.4 Å². The topological polar surface area (TPSA) is 29.9 Å². The van der Waals surface area contributed by atoms with Gasteiger partial charge in [0.2, 0.25) is 0 Å². The average molecular weight is 187 g/mol. The lowest BCUT2D eigenvalue weighted by atomic mass is 10.1. The number of anilines is 1. The molecule has 2 rings (SSSR count). The van der Waals surface area contributed by atoms with Crippen LogP contribution in [0.3, 0.4) is 0 Å². The molecule has 2 aromatic rings. The van der Waals surface area contributed by atoms with Crippen LogP contribution in [0.4, 0.5) is 5.69 Å². The summed E-state index contributed by atoms with van der Waals surface area (Å²) in [7, 11) is 3.92. The number of aryl methyl sites for hydroxylation is 1. The minimum Gasteiger partial charge on any atom is -0.388 e. The van der Waals surface area contributed by atoms with E-state index in [1.54, 1.807) is 0 Å². The first-order valence-electron chi connectivity index (χ1n) is 4.56. The number of hydrogen-bond donors (Lipinski definition) is 1. The van der Waals surface area contributed by atoms with Gasteiger partial charge >= 0.3 is 0 Å². The van der Waals surface area contributed by atoms with Crippen LogP contribution in [0.25, 0.3) is 11.3 Å². The third kappa shape index (κ3) is 1.37. The molecule has 0 amide bonds. The normalized spacial score (nSPS) is 10.1. The Labute approximate surface area is 83.4 Å². The van der Waals surface area contributed by atoms with Gasteiger partial charge in [-0.3, -0.25) is 0 Å². The van der Waals surface area contributed by atoms with Crippen LogP contribution in [0.2, 0.25) is 0 Å². The van der Waals surface area contributed by atoms with Crippen molar-refractivity contribution in [3.05, 3.63) is 36.8 Å². The van der Waals surface area contributed by atoms with Gasteiger partial charge in [0.25, 0.3) is 0 Å². The van der Waals surface area contributed by atoms with Crippen molar-refractivity contribution in [1.29, 1.82) is 0 Å². The average Bonchev–Trinajstić information content (AvgIpc) is 2.64. The molecule has 0 bridgehead atoms. The number of nitrogens with one attached hydrogen (secondary N) is 1. The molecule has 0 fully saturated rings. The maximum absolute atomic E-state index is 4.11. The van der Waals surface area contributed by atoms with E-state index in [9.17, 15) is 0 Å². The third-order valence-corrected chi connectivity index (χ3v) is 2.29. The highest BCUT2D eigenvalue weighted by molar-refractivity contribution is 5.75. The van der Waals surface area contributed by atoms with E-state index in [1.165, 1.54) is 5.56 Å². The number of rotatable bonds is 2. The van der Waals surface area contributed by atoms with Crippen LogP contribution in [-0.4, -0.2) is 16.6 Å². The lowest BCUT2D eigenvalue weighted by Crippen LogP contribution is -1.95. The maximum Gasteiger partial charge on any atom is 0.0948 e. The quantitative estimate of drug-likeness (QED) is 0.780. The van der Waals surface area contributed by atoms with E-state index in [0.717, 1.165) is 11.4 Å². The second-order valence-electron chi connectivity index (χ2n) is 3.19. The lowest BCUT2D eigenvalue weighted by molar-refractivity contribution is 0.921. The zero-order chi connectivity index (χ0) is 9.97. The van der Waals surface area contributed by atoms with Crippen molar-refractivity contribution >= 4 is 5.69 Å². The van der Waals surface area contributed by atoms with E-state index in [4.69, 9.17) is 0 Å². The summed E-state index contributed by atoms with van der Waals surface area (Å²) in [6, 6.07) is 8.19. The van der Waals surface area contributed by atoms with Crippen LogP contribution < -0.4 is 5.32 Å². The smallest absolute Gasteiger partial charge is 0.0948 e. The van der Waals surface area contributed by atoms with E-state index in [2.05, 4.69) is 22.4 Å². The molecule has 0 saturated carbocycles. The molecular weight excluding hydrogens is 174 g/mol. The third-order valence-electron chi connectivity index (χ3n) is 2.29. The Morgan fingerprint density at radius 3 is 2.71 bits per heavy atom. The van der Waals surface area contributed by atoms with Gasteiger partial charge in [-0.05, 0) is 6.07 Å². The van der Waals surface area contributed by atoms with Crippen LogP contribution in [0, 0.1) is 0 Å². The van der Waals surface area contributed by atoms with E-state index in [1.807, 2.05) is 43.3 Å². The molecule has 0 saturated heterocycles. The van der Waals surface area contributed by atoms with Crippen molar-refractivity contribution < 1.29 is 0 Å². The molecule has 72 valence electrons. The summed E-state index contributed by atoms with van der Waals surface area (Å²) in [5.41, 5.74) is 3.42. The Balaban J connectivity index is 2.56. The summed E-state index contributed by atoms with van der Waals surface area (Å²) in [4.78, 5) is 4.11. The standard InChI is InChI=1S/C11H13N3/c1-12-10-6-4-3-5-9(10)11-7-13-8-14(11)2/h3-8,12H,1-2H3. The number of benzene rings is 1. The monoisotopic (exact) mass is 187 g/mol. The Bertz CT molecular complexity index is 432. The van der Waals surface area contributed by atoms with Crippen LogP contribution in [0.5, 0.6) is 0 Å². The van der Waals surface area contributed by atoms with Gasteiger partial charge in [-0.25, -0.2) is 4.98 Å². The van der Waals surface area contributed by atoms with Crippen LogP contribution >= 0.6 is 0 Å². The summed E-state index contributed by atoms with van der Waals surface area (Å²) >= 11 is 0. The van der Waals surface area contributed by atoms with E-state index < -0.39 is 0 Å². The molecule has 3 heteroatoms. The van der Waals surface area contributed by atoms with Gasteiger partial charge in [-0.1, -0.05) is 18.2 Å². The highest BCUT2D eigenvalue weighted by Gasteiger charge is 2.05. The second-order valence-corrected chi connectivity index (χ2v) is 3.19. The first-order valence-corrected chi connectivity index (χ1v) is 4.56. The molecule has 0 radical (unpaired) electrons. The first-order chi connectivity index (χ1) is 6.83. The molecule has 0 aliphatic rings. The number of aromatic nitrogens is 2. The minimum absolute atomic E-state index is 1.12. The Morgan fingerprint density at radius 1 is 1.29 bits per heavy atom. The highest BCUT2D eigenvalue weighted by Crippen LogP contribution is 2.26. The van der Waals surface area contributed by atoms with E-state index >= 15 is 0 Å². The largest absolute Gasteiger partial charge is 0.388 e. The summed E-state index contributed by atoms with van der Waals surface area (Å²) in [6.07, 6.45) is 3.68. The molecule has 0 unspecified atom stereocenters. The number of para-hydroxylation sites is 1. The van der Waals surface area contributed by atoms with Gasteiger partial charge in [0.15, 0.2) is 0 Å². The van der Waals surface area contributed by atoms with Crippen LogP contribution in [-0.2, 0) is 7.05 Å². The molecule has 0 aliphatic heterocycles. The van der Waals surface area contributed by atoms with Gasteiger partial charge in [0.05, 0.1) is 18.2 Å². The fraction of sp³-hybridized carbons (Fsp3) is 0.182. The predicted molar refractivity (Wildman–Crippen MR) is 58.2 cm³/mol. The molecule has 1 N–H and O–H groups in total. The molecule has 0 aliphatic carbocycles. The molecule has 1 aromatic carbocycles. The lowest BCUT2D eigenvalue weighted by Gasteiger charge is -2.08. The van der Waals surface area contributed by atoms with E-state index in [0.29, 0.717) is 0 Å². The summed E-state index contributed by atoms with van der Waals surface area (Å²) < 4.78 is 2.01. The zero-order valence-electron chi connectivity index (χ0n) is 8.36. The fourth-order valence-electron chi connectivity index (χ4n) is 1.54. The fourth-order valence-corrected chi connectivity index (χ4v) is 1.54. The maximum atomic E-state index is 4.11. The van der Waals surface area contributed by atoms with Crippen LogP contribution in [0.15, 0.2) is 36.8 Å². The highest BCUT2D eigenvalue weighted by atomic mass is 15.0. The molecule has 1 heterocycles. The minimum atomic E-state index is 1.12. The van der Waals surface area contributed by atoms with Crippen molar-refractivity contribution in [2.45, 2.75) is 0 Å². The Kier molecular flexibility index (Phi) is 2.23. The molecular formula is C11H13N3. The number of nitrogens with zero attached hydrogens (tertiary/aromatic N) is 2. The van der Waals surface area contributed by atoms with Crippen molar-refractivity contribution in [1.82, 2.24) is 9.55 Å². The van der Waals surface area contributed by atoms with E-state index in [-0.39, 0.29) is 0 Å². The SMILES string of the molecule is CNc1ccccc1-c1cncn1C. The summed E-state index contributed by atoms with van der Waals surface area (Å²) in [5, 5.41) is 3.17. The van der Waals surface area contributed by atoms with Gasteiger partial charge < -0.3 is 9.88 Å². The molecule has 0 spiro atoms. The number of hydrogen-bond acceptors (Lipinski definition) is 2. The second kappa shape index (κ2) is 3.54. The molecule has 14 heavy (non-hydrogen) atoms.